The molecule has 0 aliphatic carbocycles. The third-order valence-corrected chi connectivity index (χ3v) is 3.60. The van der Waals surface area contributed by atoms with Gasteiger partial charge in [-0.05, 0) is 17.7 Å². The Labute approximate surface area is 110 Å². The Morgan fingerprint density at radius 3 is 2.05 bits per heavy atom. The topological polar surface area (TPSA) is 25.8 Å². The van der Waals surface area contributed by atoms with E-state index in [1.54, 1.807) is 12.4 Å². The van der Waals surface area contributed by atoms with E-state index in [4.69, 9.17) is 0 Å². The molecule has 0 unspecified atom stereocenters. The second-order valence-electron chi connectivity index (χ2n) is 4.85. The third kappa shape index (κ3) is 1.43. The monoisotopic (exact) mass is 244 g/mol. The molecule has 4 rings (SSSR count). The number of fused-ring (bicyclic) bond motifs is 6. The lowest BCUT2D eigenvalue weighted by atomic mass is 9.98. The van der Waals surface area contributed by atoms with Gasteiger partial charge in [0.2, 0.25) is 0 Å². The molecule has 0 atom stereocenters. The summed E-state index contributed by atoms with van der Waals surface area (Å²) in [6.07, 6.45) is 3.52. The van der Waals surface area contributed by atoms with Gasteiger partial charge in [-0.2, -0.15) is 0 Å². The van der Waals surface area contributed by atoms with E-state index < -0.39 is 0 Å². The first-order valence-corrected chi connectivity index (χ1v) is 6.36. The predicted octanol–water partition coefficient (Wildman–Crippen LogP) is 4.24. The molecule has 0 aliphatic heterocycles. The second-order valence-corrected chi connectivity index (χ2v) is 4.85. The molecule has 0 N–H and O–H groups in total. The van der Waals surface area contributed by atoms with Gasteiger partial charge in [0.05, 0.1) is 11.0 Å². The maximum atomic E-state index is 4.53. The van der Waals surface area contributed by atoms with Crippen LogP contribution in [0.15, 0.2) is 54.9 Å². The first-order chi connectivity index (χ1) is 9.34. The van der Waals surface area contributed by atoms with Gasteiger partial charge in [-0.15, -0.1) is 0 Å². The Balaban J connectivity index is 2.43. The first kappa shape index (κ1) is 10.4. The highest BCUT2D eigenvalue weighted by Crippen LogP contribution is 2.32. The average Bonchev–Trinajstić information content (AvgIpc) is 2.47. The molecule has 0 saturated carbocycles. The lowest BCUT2D eigenvalue weighted by Crippen LogP contribution is -1.88. The summed E-state index contributed by atoms with van der Waals surface area (Å²) in [6, 6.07) is 14.9. The van der Waals surface area contributed by atoms with Crippen molar-refractivity contribution in [2.75, 3.05) is 0 Å². The maximum absolute atomic E-state index is 4.53. The van der Waals surface area contributed by atoms with Crippen LogP contribution < -0.4 is 0 Å². The summed E-state index contributed by atoms with van der Waals surface area (Å²) in [5.74, 6) is 0. The molecule has 1 heterocycles. The Kier molecular flexibility index (Phi) is 2.06. The summed E-state index contributed by atoms with van der Waals surface area (Å²) < 4.78 is 0. The molecular weight excluding hydrogens is 232 g/mol. The highest BCUT2D eigenvalue weighted by Gasteiger charge is 2.09. The SMILES string of the molecule is Cc1ccc2c(c1)c1ccccc1c1nccnc21. The van der Waals surface area contributed by atoms with Crippen molar-refractivity contribution in [3.63, 3.8) is 0 Å². The molecule has 0 amide bonds. The van der Waals surface area contributed by atoms with Crippen LogP contribution in [0.3, 0.4) is 0 Å². The molecule has 90 valence electrons. The highest BCUT2D eigenvalue weighted by atomic mass is 14.8. The average molecular weight is 244 g/mol. The van der Waals surface area contributed by atoms with Gasteiger partial charge in [0, 0.05) is 23.2 Å². The molecule has 3 aromatic carbocycles. The Morgan fingerprint density at radius 2 is 1.32 bits per heavy atom. The fourth-order valence-electron chi connectivity index (χ4n) is 2.74. The molecule has 2 heteroatoms. The molecule has 0 spiro atoms. The third-order valence-electron chi connectivity index (χ3n) is 3.60. The van der Waals surface area contributed by atoms with E-state index in [1.807, 2.05) is 0 Å². The fourth-order valence-corrected chi connectivity index (χ4v) is 2.74. The second kappa shape index (κ2) is 3.75. The first-order valence-electron chi connectivity index (χ1n) is 6.36. The molecular formula is C17H12N2. The van der Waals surface area contributed by atoms with E-state index in [0.29, 0.717) is 0 Å². The van der Waals surface area contributed by atoms with Crippen LogP contribution in [-0.2, 0) is 0 Å². The van der Waals surface area contributed by atoms with Gasteiger partial charge in [0.1, 0.15) is 0 Å². The van der Waals surface area contributed by atoms with Crippen molar-refractivity contribution in [1.29, 1.82) is 0 Å². The standard InChI is InChI=1S/C17H12N2/c1-11-6-7-14-15(10-11)12-4-2-3-5-13(12)16-17(14)19-9-8-18-16/h2-10H,1H3. The van der Waals surface area contributed by atoms with Crippen LogP contribution in [0.5, 0.6) is 0 Å². The van der Waals surface area contributed by atoms with Crippen LogP contribution in [0.1, 0.15) is 5.56 Å². The van der Waals surface area contributed by atoms with Crippen molar-refractivity contribution in [1.82, 2.24) is 9.97 Å². The minimum absolute atomic E-state index is 0.981. The summed E-state index contributed by atoms with van der Waals surface area (Å²) >= 11 is 0. The van der Waals surface area contributed by atoms with E-state index >= 15 is 0 Å². The van der Waals surface area contributed by atoms with Gasteiger partial charge in [-0.3, -0.25) is 9.97 Å². The smallest absolute Gasteiger partial charge is 0.0971 e. The lowest BCUT2D eigenvalue weighted by molar-refractivity contribution is 1.31. The molecule has 0 fully saturated rings. The van der Waals surface area contributed by atoms with Gasteiger partial charge < -0.3 is 0 Å². The summed E-state index contributed by atoms with van der Waals surface area (Å²) in [7, 11) is 0. The number of rotatable bonds is 0. The minimum Gasteiger partial charge on any atom is -0.252 e. The largest absolute Gasteiger partial charge is 0.252 e. The van der Waals surface area contributed by atoms with Gasteiger partial charge in [0.15, 0.2) is 0 Å². The Bertz CT molecular complexity index is 891. The van der Waals surface area contributed by atoms with Gasteiger partial charge in [0.25, 0.3) is 0 Å². The van der Waals surface area contributed by atoms with Crippen molar-refractivity contribution in [2.24, 2.45) is 0 Å². The summed E-state index contributed by atoms with van der Waals surface area (Å²) in [5.41, 5.74) is 3.23. The number of nitrogens with zero attached hydrogens (tertiary/aromatic N) is 2. The molecule has 1 aromatic heterocycles. The van der Waals surface area contributed by atoms with Crippen molar-refractivity contribution in [3.8, 4) is 0 Å². The number of aryl methyl sites for hydroxylation is 1. The number of benzene rings is 3. The van der Waals surface area contributed by atoms with Crippen molar-refractivity contribution >= 4 is 32.6 Å². The van der Waals surface area contributed by atoms with E-state index in [-0.39, 0.29) is 0 Å². The molecule has 19 heavy (non-hydrogen) atoms. The number of hydrogen-bond acceptors (Lipinski definition) is 2. The molecule has 0 radical (unpaired) electrons. The zero-order valence-electron chi connectivity index (χ0n) is 10.6. The van der Waals surface area contributed by atoms with Gasteiger partial charge in [-0.25, -0.2) is 0 Å². The number of aromatic nitrogens is 2. The Hall–Kier alpha value is -2.48. The molecule has 0 bridgehead atoms. The van der Waals surface area contributed by atoms with Crippen LogP contribution >= 0.6 is 0 Å². The van der Waals surface area contributed by atoms with Crippen LogP contribution in [0.25, 0.3) is 32.6 Å². The van der Waals surface area contributed by atoms with Gasteiger partial charge >= 0.3 is 0 Å². The molecule has 0 aliphatic rings. The summed E-state index contributed by atoms with van der Waals surface area (Å²) in [4.78, 5) is 9.05. The van der Waals surface area contributed by atoms with Crippen LogP contribution in [0.2, 0.25) is 0 Å². The minimum atomic E-state index is 0.981. The van der Waals surface area contributed by atoms with Crippen LogP contribution in [-0.4, -0.2) is 9.97 Å². The van der Waals surface area contributed by atoms with Crippen molar-refractivity contribution in [2.45, 2.75) is 6.92 Å². The quantitative estimate of drug-likeness (QED) is 0.432. The van der Waals surface area contributed by atoms with E-state index in [2.05, 4.69) is 59.4 Å². The van der Waals surface area contributed by atoms with Crippen molar-refractivity contribution in [3.05, 3.63) is 60.4 Å². The summed E-state index contributed by atoms with van der Waals surface area (Å²) in [6.45, 7) is 2.12. The molecule has 4 aromatic rings. The number of hydrogen-bond donors (Lipinski definition) is 0. The predicted molar refractivity (Wildman–Crippen MR) is 79.3 cm³/mol. The molecule has 0 saturated heterocycles. The van der Waals surface area contributed by atoms with E-state index in [0.717, 1.165) is 11.0 Å². The molecule has 2 nitrogen and oxygen atoms in total. The van der Waals surface area contributed by atoms with Crippen molar-refractivity contribution < 1.29 is 0 Å². The zero-order chi connectivity index (χ0) is 12.8. The van der Waals surface area contributed by atoms with Gasteiger partial charge in [-0.1, -0.05) is 48.0 Å². The Morgan fingerprint density at radius 1 is 0.684 bits per heavy atom. The lowest BCUT2D eigenvalue weighted by Gasteiger charge is -2.08. The van der Waals surface area contributed by atoms with Crippen LogP contribution in [0.4, 0.5) is 0 Å². The van der Waals surface area contributed by atoms with E-state index in [1.165, 1.54) is 27.1 Å². The normalized spacial score (nSPS) is 11.4. The van der Waals surface area contributed by atoms with E-state index in [9.17, 15) is 0 Å². The maximum Gasteiger partial charge on any atom is 0.0971 e. The zero-order valence-corrected chi connectivity index (χ0v) is 10.6. The fraction of sp³-hybridized carbons (Fsp3) is 0.0588. The summed E-state index contributed by atoms with van der Waals surface area (Å²) in [5, 5.41) is 4.84. The van der Waals surface area contributed by atoms with Crippen LogP contribution in [0, 0.1) is 6.92 Å². The highest BCUT2D eigenvalue weighted by molar-refractivity contribution is 6.22.